The Morgan fingerprint density at radius 3 is 2.25 bits per heavy atom. The van der Waals surface area contributed by atoms with Crippen LogP contribution in [-0.2, 0) is 6.42 Å². The van der Waals surface area contributed by atoms with Gasteiger partial charge in [0.05, 0.1) is 11.4 Å². The van der Waals surface area contributed by atoms with Crippen molar-refractivity contribution in [3.05, 3.63) is 89.7 Å². The molecule has 5 rings (SSSR count). The van der Waals surface area contributed by atoms with Crippen LogP contribution in [0.4, 0.5) is 4.39 Å². The molecule has 28 heavy (non-hydrogen) atoms. The smallest absolute Gasteiger partial charge is 0.132 e. The Morgan fingerprint density at radius 1 is 0.750 bits per heavy atom. The number of hydrogen-bond acceptors (Lipinski definition) is 3. The number of pyridine rings is 1. The molecule has 2 N–H and O–H groups in total. The van der Waals surface area contributed by atoms with Gasteiger partial charge in [-0.15, -0.1) is 0 Å². The normalized spacial score (nSPS) is 11.9. The first-order valence-electron chi connectivity index (χ1n) is 9.02. The Balaban J connectivity index is 1.85. The molecule has 0 radical (unpaired) electrons. The van der Waals surface area contributed by atoms with E-state index in [2.05, 4.69) is 0 Å². The number of rotatable bonds is 2. The van der Waals surface area contributed by atoms with Crippen LogP contribution in [0.3, 0.4) is 0 Å². The summed E-state index contributed by atoms with van der Waals surface area (Å²) in [6.07, 6.45) is 0.591. The number of para-hydroxylation sites is 1. The van der Waals surface area contributed by atoms with Crippen LogP contribution in [-0.4, -0.2) is 15.2 Å². The molecule has 1 aromatic heterocycles. The average Bonchev–Trinajstić information content (AvgIpc) is 3.08. The molecule has 3 aromatic carbocycles. The number of aromatic nitrogens is 1. The fourth-order valence-corrected chi connectivity index (χ4v) is 3.90. The minimum absolute atomic E-state index is 0.149. The van der Waals surface area contributed by atoms with Crippen LogP contribution in [0.25, 0.3) is 33.6 Å². The predicted molar refractivity (Wildman–Crippen MR) is 107 cm³/mol. The number of phenols is 2. The first kappa shape index (κ1) is 16.5. The van der Waals surface area contributed by atoms with Gasteiger partial charge in [0.25, 0.3) is 0 Å². The van der Waals surface area contributed by atoms with Crippen molar-refractivity contribution in [1.82, 2.24) is 4.98 Å². The van der Waals surface area contributed by atoms with Crippen molar-refractivity contribution in [1.29, 1.82) is 0 Å². The van der Waals surface area contributed by atoms with Crippen LogP contribution in [0.5, 0.6) is 11.5 Å². The van der Waals surface area contributed by atoms with Crippen molar-refractivity contribution in [2.24, 2.45) is 0 Å². The van der Waals surface area contributed by atoms with E-state index in [1.807, 2.05) is 24.3 Å². The molecule has 4 heteroatoms. The summed E-state index contributed by atoms with van der Waals surface area (Å²) < 4.78 is 14.5. The third-order valence-corrected chi connectivity index (χ3v) is 5.20. The summed E-state index contributed by atoms with van der Waals surface area (Å²) >= 11 is 0. The molecule has 0 bridgehead atoms. The second kappa shape index (κ2) is 6.20. The monoisotopic (exact) mass is 369 g/mol. The van der Waals surface area contributed by atoms with E-state index in [-0.39, 0.29) is 17.3 Å². The molecule has 0 aliphatic heterocycles. The number of hydrogen-bond donors (Lipinski definition) is 2. The molecule has 4 aromatic rings. The SMILES string of the molecule is Oc1ccccc1-c1cc(-c2ccccc2F)nc2c1Cc1cccc(O)c1-2. The van der Waals surface area contributed by atoms with Crippen molar-refractivity contribution in [2.45, 2.75) is 6.42 Å². The number of phenolic OH excluding ortho intramolecular Hbond substituents is 2. The summed E-state index contributed by atoms with van der Waals surface area (Å²) in [5.74, 6) is -0.0677. The van der Waals surface area contributed by atoms with Crippen molar-refractivity contribution < 1.29 is 14.6 Å². The Hall–Kier alpha value is -3.66. The Bertz CT molecular complexity index is 1230. The highest BCUT2D eigenvalue weighted by Gasteiger charge is 2.28. The lowest BCUT2D eigenvalue weighted by atomic mass is 9.95. The second-order valence-corrected chi connectivity index (χ2v) is 6.87. The molecule has 1 heterocycles. The first-order chi connectivity index (χ1) is 13.6. The number of fused-ring (bicyclic) bond motifs is 3. The molecule has 1 aliphatic carbocycles. The Kier molecular flexibility index (Phi) is 3.66. The molecule has 0 amide bonds. The van der Waals surface area contributed by atoms with E-state index in [4.69, 9.17) is 4.98 Å². The highest BCUT2D eigenvalue weighted by Crippen LogP contribution is 2.47. The van der Waals surface area contributed by atoms with Gasteiger partial charge in [0.15, 0.2) is 0 Å². The van der Waals surface area contributed by atoms with Crippen molar-refractivity contribution in [2.75, 3.05) is 0 Å². The van der Waals surface area contributed by atoms with Crippen LogP contribution >= 0.6 is 0 Å². The molecule has 3 nitrogen and oxygen atoms in total. The molecule has 0 unspecified atom stereocenters. The minimum Gasteiger partial charge on any atom is -0.507 e. The topological polar surface area (TPSA) is 53.4 Å². The summed E-state index contributed by atoms with van der Waals surface area (Å²) in [7, 11) is 0. The molecule has 0 saturated heterocycles. The van der Waals surface area contributed by atoms with Gasteiger partial charge in [0.1, 0.15) is 17.3 Å². The van der Waals surface area contributed by atoms with Gasteiger partial charge >= 0.3 is 0 Å². The van der Waals surface area contributed by atoms with Gasteiger partial charge in [-0.1, -0.05) is 42.5 Å². The molecular formula is C24H16FNO2. The lowest BCUT2D eigenvalue weighted by Crippen LogP contribution is -1.96. The summed E-state index contributed by atoms with van der Waals surface area (Å²) in [6, 6.07) is 20.8. The van der Waals surface area contributed by atoms with Crippen molar-refractivity contribution in [3.8, 4) is 45.1 Å². The summed E-state index contributed by atoms with van der Waals surface area (Å²) in [4.78, 5) is 4.72. The van der Waals surface area contributed by atoms with Gasteiger partial charge < -0.3 is 10.2 Å². The highest BCUT2D eigenvalue weighted by molar-refractivity contribution is 5.89. The Morgan fingerprint density at radius 2 is 1.46 bits per heavy atom. The third kappa shape index (κ3) is 2.46. The zero-order valence-corrected chi connectivity index (χ0v) is 14.9. The van der Waals surface area contributed by atoms with Crippen LogP contribution < -0.4 is 0 Å². The van der Waals surface area contributed by atoms with E-state index in [1.54, 1.807) is 42.5 Å². The number of nitrogens with zero attached hydrogens (tertiary/aromatic N) is 1. The number of halogens is 1. The number of aromatic hydroxyl groups is 2. The minimum atomic E-state index is -0.367. The van der Waals surface area contributed by atoms with Crippen molar-refractivity contribution in [3.63, 3.8) is 0 Å². The van der Waals surface area contributed by atoms with E-state index >= 15 is 0 Å². The summed E-state index contributed by atoms with van der Waals surface area (Å²) in [5.41, 5.74) is 5.47. The van der Waals surface area contributed by atoms with E-state index in [9.17, 15) is 14.6 Å². The van der Waals surface area contributed by atoms with Crippen LogP contribution in [0.2, 0.25) is 0 Å². The van der Waals surface area contributed by atoms with Gasteiger partial charge in [-0.2, -0.15) is 0 Å². The average molecular weight is 369 g/mol. The fourth-order valence-electron chi connectivity index (χ4n) is 3.90. The standard InChI is InChI=1S/C24H16FNO2/c25-19-9-3-1-8-16(19)20-13-17(15-7-2-4-10-21(15)27)18-12-14-6-5-11-22(28)23(14)24(18)26-20/h1-11,13,27-28H,12H2. The zero-order valence-electron chi connectivity index (χ0n) is 14.9. The van der Waals surface area contributed by atoms with E-state index in [0.29, 0.717) is 34.5 Å². The lowest BCUT2D eigenvalue weighted by molar-refractivity contribution is 0.476. The van der Waals surface area contributed by atoms with Gasteiger partial charge in [-0.05, 0) is 47.0 Å². The lowest BCUT2D eigenvalue weighted by Gasteiger charge is -2.14. The zero-order chi connectivity index (χ0) is 19.3. The Labute approximate surface area is 161 Å². The largest absolute Gasteiger partial charge is 0.507 e. The van der Waals surface area contributed by atoms with Gasteiger partial charge in [0, 0.05) is 23.1 Å². The maximum Gasteiger partial charge on any atom is 0.132 e. The maximum absolute atomic E-state index is 14.5. The predicted octanol–water partition coefficient (Wildman–Crippen LogP) is 5.54. The molecule has 0 atom stereocenters. The van der Waals surface area contributed by atoms with Crippen LogP contribution in [0.15, 0.2) is 72.8 Å². The van der Waals surface area contributed by atoms with Crippen molar-refractivity contribution >= 4 is 0 Å². The summed E-state index contributed by atoms with van der Waals surface area (Å²) in [6.45, 7) is 0. The summed E-state index contributed by atoms with van der Waals surface area (Å²) in [5, 5.41) is 20.9. The highest BCUT2D eigenvalue weighted by atomic mass is 19.1. The van der Waals surface area contributed by atoms with Gasteiger partial charge in [-0.3, -0.25) is 0 Å². The molecule has 0 saturated carbocycles. The van der Waals surface area contributed by atoms with Gasteiger partial charge in [0.2, 0.25) is 0 Å². The van der Waals surface area contributed by atoms with Gasteiger partial charge in [-0.25, -0.2) is 9.37 Å². The molecule has 0 fully saturated rings. The fraction of sp³-hybridized carbons (Fsp3) is 0.0417. The maximum atomic E-state index is 14.5. The molecule has 0 spiro atoms. The number of benzene rings is 3. The second-order valence-electron chi connectivity index (χ2n) is 6.87. The molecular weight excluding hydrogens is 353 g/mol. The first-order valence-corrected chi connectivity index (χ1v) is 9.02. The van der Waals surface area contributed by atoms with E-state index < -0.39 is 0 Å². The van der Waals surface area contributed by atoms with E-state index in [0.717, 1.165) is 16.7 Å². The van der Waals surface area contributed by atoms with Crippen LogP contribution in [0, 0.1) is 5.82 Å². The van der Waals surface area contributed by atoms with Crippen LogP contribution in [0.1, 0.15) is 11.1 Å². The molecule has 1 aliphatic rings. The molecule has 136 valence electrons. The van der Waals surface area contributed by atoms with E-state index in [1.165, 1.54) is 6.07 Å². The third-order valence-electron chi connectivity index (χ3n) is 5.20. The quantitative estimate of drug-likeness (QED) is 0.430.